The van der Waals surface area contributed by atoms with Crippen molar-refractivity contribution in [2.75, 3.05) is 6.61 Å². The smallest absolute Gasteiger partial charge is 0.328 e. The number of hydrogen-bond donors (Lipinski definition) is 2. The second kappa shape index (κ2) is 13.2. The van der Waals surface area contributed by atoms with E-state index in [2.05, 4.69) is 5.32 Å². The third-order valence-electron chi connectivity index (χ3n) is 6.18. The van der Waals surface area contributed by atoms with E-state index in [1.54, 1.807) is 12.1 Å². The van der Waals surface area contributed by atoms with Gasteiger partial charge in [0.25, 0.3) is 5.91 Å². The first-order valence-corrected chi connectivity index (χ1v) is 12.6. The van der Waals surface area contributed by atoms with Gasteiger partial charge in [-0.05, 0) is 41.3 Å². The van der Waals surface area contributed by atoms with E-state index in [4.69, 9.17) is 4.74 Å². The van der Waals surface area contributed by atoms with Crippen LogP contribution in [-0.2, 0) is 22.7 Å². The van der Waals surface area contributed by atoms with Gasteiger partial charge in [-0.3, -0.25) is 9.69 Å². The molecule has 3 amide bonds. The number of ether oxygens (including phenoxy) is 1. The first kappa shape index (κ1) is 27.3. The second-order valence-electron chi connectivity index (χ2n) is 9.16. The van der Waals surface area contributed by atoms with E-state index >= 15 is 0 Å². The molecule has 4 aromatic rings. The molecule has 0 aromatic heterocycles. The maximum Gasteiger partial charge on any atom is 0.328 e. The lowest BCUT2D eigenvalue weighted by Gasteiger charge is -2.24. The van der Waals surface area contributed by atoms with Crippen LogP contribution >= 0.6 is 0 Å². The Kier molecular flexibility index (Phi) is 9.21. The first-order valence-electron chi connectivity index (χ1n) is 12.6. The zero-order valence-electron chi connectivity index (χ0n) is 21.6. The number of rotatable bonds is 10. The number of carboxylic acid groups (broad SMARTS) is 1. The Morgan fingerprint density at radius 2 is 1.36 bits per heavy atom. The first-order chi connectivity index (χ1) is 18.9. The molecule has 0 aliphatic rings. The lowest BCUT2D eigenvalue weighted by atomic mass is 10.0. The molecule has 0 heterocycles. The fourth-order valence-electron chi connectivity index (χ4n) is 3.97. The molecule has 0 spiro atoms. The Balaban J connectivity index is 1.51. The minimum atomic E-state index is -1.34. The van der Waals surface area contributed by atoms with Gasteiger partial charge in [0.05, 0.1) is 19.8 Å². The van der Waals surface area contributed by atoms with Crippen LogP contribution < -0.4 is 5.32 Å². The van der Waals surface area contributed by atoms with E-state index in [1.165, 1.54) is 0 Å². The number of hydrogen-bond acceptors (Lipinski definition) is 4. The Bertz CT molecular complexity index is 1390. The summed E-state index contributed by atoms with van der Waals surface area (Å²) < 4.78 is 5.56. The van der Waals surface area contributed by atoms with E-state index in [-0.39, 0.29) is 19.8 Å². The van der Waals surface area contributed by atoms with E-state index in [0.29, 0.717) is 5.56 Å². The number of nitrogens with one attached hydrogen (secondary N) is 1. The van der Waals surface area contributed by atoms with Crippen molar-refractivity contribution in [2.24, 2.45) is 0 Å². The summed E-state index contributed by atoms with van der Waals surface area (Å²) in [4.78, 5) is 39.8. The van der Waals surface area contributed by atoms with Crippen molar-refractivity contribution >= 4 is 17.9 Å². The summed E-state index contributed by atoms with van der Waals surface area (Å²) in [6.45, 7) is 1.86. The van der Waals surface area contributed by atoms with Crippen LogP contribution in [0.1, 0.15) is 27.0 Å². The summed E-state index contributed by atoms with van der Waals surface area (Å²) >= 11 is 0. The van der Waals surface area contributed by atoms with Gasteiger partial charge in [-0.15, -0.1) is 0 Å². The van der Waals surface area contributed by atoms with E-state index < -0.39 is 23.9 Å². The number of carboxylic acids is 1. The van der Waals surface area contributed by atoms with Crippen molar-refractivity contribution in [3.8, 4) is 11.1 Å². The van der Waals surface area contributed by atoms with E-state index in [9.17, 15) is 19.5 Å². The van der Waals surface area contributed by atoms with Gasteiger partial charge < -0.3 is 15.2 Å². The molecule has 39 heavy (non-hydrogen) atoms. The van der Waals surface area contributed by atoms with Crippen molar-refractivity contribution in [2.45, 2.75) is 26.1 Å². The molecule has 0 aliphatic carbocycles. The summed E-state index contributed by atoms with van der Waals surface area (Å²) in [7, 11) is 0. The highest BCUT2D eigenvalue weighted by Gasteiger charge is 2.28. The average molecular weight is 523 g/mol. The summed E-state index contributed by atoms with van der Waals surface area (Å²) in [5, 5.41) is 12.2. The molecule has 1 atom stereocenters. The quantitative estimate of drug-likeness (QED) is 0.279. The number of urea groups is 1. The monoisotopic (exact) mass is 522 g/mol. The molecule has 7 heteroatoms. The number of amides is 3. The number of imide groups is 1. The topological polar surface area (TPSA) is 95.9 Å². The SMILES string of the molecule is Cc1ccc(CN(C(=O)N[C@@H](COCc2ccccc2)C(=O)O)C(=O)c2ccc(-c3ccccc3)cc2)cc1. The predicted molar refractivity (Wildman–Crippen MR) is 149 cm³/mol. The highest BCUT2D eigenvalue weighted by molar-refractivity contribution is 6.05. The molecule has 0 radical (unpaired) electrons. The molecule has 7 nitrogen and oxygen atoms in total. The second-order valence-corrected chi connectivity index (χ2v) is 9.16. The van der Waals surface area contributed by atoms with Crippen molar-refractivity contribution in [1.29, 1.82) is 0 Å². The molecular weight excluding hydrogens is 492 g/mol. The van der Waals surface area contributed by atoms with Crippen molar-refractivity contribution in [1.82, 2.24) is 10.2 Å². The number of benzene rings is 4. The molecule has 0 saturated carbocycles. The van der Waals surface area contributed by atoms with Gasteiger partial charge in [0.1, 0.15) is 0 Å². The lowest BCUT2D eigenvalue weighted by molar-refractivity contribution is -0.141. The standard InChI is InChI=1S/C32H30N2O5/c1-23-12-14-24(15-13-23)20-34(30(35)28-18-16-27(17-19-28)26-10-6-3-7-11-26)32(38)33-29(31(36)37)22-39-21-25-8-4-2-5-9-25/h2-19,29H,20-22H2,1H3,(H,33,38)(H,36,37)/t29-/m0/s1. The number of nitrogens with zero attached hydrogens (tertiary/aromatic N) is 1. The third-order valence-corrected chi connectivity index (χ3v) is 6.18. The predicted octanol–water partition coefficient (Wildman–Crippen LogP) is 5.68. The fourth-order valence-corrected chi connectivity index (χ4v) is 3.97. The van der Waals surface area contributed by atoms with Crippen LogP contribution in [0.3, 0.4) is 0 Å². The molecule has 0 saturated heterocycles. The van der Waals surface area contributed by atoms with Gasteiger partial charge in [0.15, 0.2) is 6.04 Å². The summed E-state index contributed by atoms with van der Waals surface area (Å²) in [6, 6.07) is 31.3. The van der Waals surface area contributed by atoms with Crippen molar-refractivity contribution in [3.05, 3.63) is 131 Å². The normalized spacial score (nSPS) is 11.4. The minimum Gasteiger partial charge on any atom is -0.480 e. The molecule has 198 valence electrons. The van der Waals surface area contributed by atoms with E-state index in [1.807, 2.05) is 104 Å². The van der Waals surface area contributed by atoms with Crippen molar-refractivity contribution in [3.63, 3.8) is 0 Å². The van der Waals surface area contributed by atoms with Crippen LogP contribution in [0.2, 0.25) is 0 Å². The lowest BCUT2D eigenvalue weighted by Crippen LogP contribution is -2.51. The largest absolute Gasteiger partial charge is 0.480 e. The average Bonchev–Trinajstić information content (AvgIpc) is 2.97. The Morgan fingerprint density at radius 1 is 0.769 bits per heavy atom. The van der Waals surface area contributed by atoms with Crippen LogP contribution in [0.5, 0.6) is 0 Å². The van der Waals surface area contributed by atoms with Crippen molar-refractivity contribution < 1.29 is 24.2 Å². The summed E-state index contributed by atoms with van der Waals surface area (Å²) in [5.41, 5.74) is 4.90. The van der Waals surface area contributed by atoms with Gasteiger partial charge in [-0.1, -0.05) is 103 Å². The fraction of sp³-hybridized carbons (Fsp3) is 0.156. The van der Waals surface area contributed by atoms with Crippen LogP contribution in [0.15, 0.2) is 109 Å². The Labute approximate surface area is 227 Å². The molecule has 0 fully saturated rings. The number of aryl methyl sites for hydroxylation is 1. The van der Waals surface area contributed by atoms with Crippen LogP contribution in [0, 0.1) is 6.92 Å². The van der Waals surface area contributed by atoms with Gasteiger partial charge in [0.2, 0.25) is 0 Å². The zero-order valence-corrected chi connectivity index (χ0v) is 21.6. The number of aliphatic carboxylic acids is 1. The van der Waals surface area contributed by atoms with Crippen LogP contribution in [-0.4, -0.2) is 40.6 Å². The van der Waals surface area contributed by atoms with Gasteiger partial charge in [-0.2, -0.15) is 0 Å². The van der Waals surface area contributed by atoms with Gasteiger partial charge in [0, 0.05) is 5.56 Å². The van der Waals surface area contributed by atoms with Gasteiger partial charge >= 0.3 is 12.0 Å². The number of carbonyl (C=O) groups is 3. The Morgan fingerprint density at radius 3 is 1.97 bits per heavy atom. The molecular formula is C32H30N2O5. The third kappa shape index (κ3) is 7.63. The molecule has 0 bridgehead atoms. The summed E-state index contributed by atoms with van der Waals surface area (Å²) in [6.07, 6.45) is 0. The highest BCUT2D eigenvalue weighted by atomic mass is 16.5. The Hall–Kier alpha value is -4.75. The minimum absolute atomic E-state index is 0.0252. The molecule has 0 aliphatic heterocycles. The molecule has 2 N–H and O–H groups in total. The molecule has 4 aromatic carbocycles. The maximum absolute atomic E-state index is 13.5. The molecule has 0 unspecified atom stereocenters. The van der Waals surface area contributed by atoms with E-state index in [0.717, 1.165) is 32.7 Å². The van der Waals surface area contributed by atoms with Gasteiger partial charge in [-0.25, -0.2) is 9.59 Å². The highest BCUT2D eigenvalue weighted by Crippen LogP contribution is 2.20. The number of carbonyl (C=O) groups excluding carboxylic acids is 2. The van der Waals surface area contributed by atoms with Crippen LogP contribution in [0.25, 0.3) is 11.1 Å². The summed E-state index contributed by atoms with van der Waals surface area (Å²) in [5.74, 6) is -1.80. The van der Waals surface area contributed by atoms with Crippen LogP contribution in [0.4, 0.5) is 4.79 Å². The molecule has 4 rings (SSSR count). The zero-order chi connectivity index (χ0) is 27.6. The maximum atomic E-state index is 13.5.